The van der Waals surface area contributed by atoms with Crippen molar-refractivity contribution in [2.24, 2.45) is 5.92 Å². The third-order valence-electron chi connectivity index (χ3n) is 5.09. The van der Waals surface area contributed by atoms with E-state index in [1.807, 2.05) is 11.0 Å². The predicted molar refractivity (Wildman–Crippen MR) is 104 cm³/mol. The van der Waals surface area contributed by atoms with Crippen LogP contribution in [0.2, 0.25) is 0 Å². The van der Waals surface area contributed by atoms with E-state index in [0.717, 1.165) is 11.9 Å². The molecule has 0 atom stereocenters. The summed E-state index contributed by atoms with van der Waals surface area (Å²) in [6.07, 6.45) is 3.06. The molecule has 7 nitrogen and oxygen atoms in total. The average molecular weight is 416 g/mol. The van der Waals surface area contributed by atoms with Crippen molar-refractivity contribution >= 4 is 17.4 Å². The minimum absolute atomic E-state index is 0.210. The van der Waals surface area contributed by atoms with Gasteiger partial charge in [0, 0.05) is 37.5 Å². The van der Waals surface area contributed by atoms with Crippen LogP contribution in [0.4, 0.5) is 24.7 Å². The SMILES string of the molecule is O=C(Nc1ccccc1C(F)(F)F)C1CCN(c2cc(-n3ccnc3)ncn2)CC1. The van der Waals surface area contributed by atoms with Crippen LogP contribution >= 0.6 is 0 Å². The first-order chi connectivity index (χ1) is 14.4. The molecule has 1 N–H and O–H groups in total. The molecule has 0 aliphatic carbocycles. The summed E-state index contributed by atoms with van der Waals surface area (Å²) in [7, 11) is 0. The van der Waals surface area contributed by atoms with Crippen molar-refractivity contribution in [3.8, 4) is 5.82 Å². The summed E-state index contributed by atoms with van der Waals surface area (Å²) >= 11 is 0. The number of piperidine rings is 1. The highest BCUT2D eigenvalue weighted by Crippen LogP contribution is 2.35. The number of halogens is 3. The largest absolute Gasteiger partial charge is 0.418 e. The van der Waals surface area contributed by atoms with Crippen LogP contribution in [0.3, 0.4) is 0 Å². The highest BCUT2D eigenvalue weighted by molar-refractivity contribution is 5.93. The van der Waals surface area contributed by atoms with Gasteiger partial charge in [-0.2, -0.15) is 13.2 Å². The Morgan fingerprint density at radius 3 is 2.53 bits per heavy atom. The van der Waals surface area contributed by atoms with Crippen molar-refractivity contribution in [2.75, 3.05) is 23.3 Å². The van der Waals surface area contributed by atoms with Crippen molar-refractivity contribution in [1.29, 1.82) is 0 Å². The highest BCUT2D eigenvalue weighted by Gasteiger charge is 2.34. The number of hydrogen-bond acceptors (Lipinski definition) is 5. The van der Waals surface area contributed by atoms with Gasteiger partial charge >= 0.3 is 6.18 Å². The summed E-state index contributed by atoms with van der Waals surface area (Å²) in [5, 5.41) is 2.46. The Morgan fingerprint density at radius 1 is 1.10 bits per heavy atom. The molecule has 10 heteroatoms. The molecular formula is C20H19F3N6O. The molecule has 0 saturated carbocycles. The van der Waals surface area contributed by atoms with E-state index in [1.54, 1.807) is 23.3 Å². The second-order valence-electron chi connectivity index (χ2n) is 7.00. The summed E-state index contributed by atoms with van der Waals surface area (Å²) in [5.41, 5.74) is -1.05. The summed E-state index contributed by atoms with van der Waals surface area (Å²) in [4.78, 5) is 27.1. The quantitative estimate of drug-likeness (QED) is 0.704. The molecule has 1 fully saturated rings. The standard InChI is InChI=1S/C20H19F3N6O/c21-20(22,23)15-3-1-2-4-16(15)27-19(30)14-5-8-28(9-6-14)17-11-18(26-12-25-17)29-10-7-24-13-29/h1-4,7,10-14H,5-6,8-9H2,(H,27,30). The highest BCUT2D eigenvalue weighted by atomic mass is 19.4. The third kappa shape index (κ3) is 4.27. The van der Waals surface area contributed by atoms with Crippen LogP contribution in [0, 0.1) is 5.92 Å². The lowest BCUT2D eigenvalue weighted by Crippen LogP contribution is -2.38. The van der Waals surface area contributed by atoms with Crippen molar-refractivity contribution < 1.29 is 18.0 Å². The van der Waals surface area contributed by atoms with Gasteiger partial charge in [0.1, 0.15) is 24.3 Å². The first-order valence-corrected chi connectivity index (χ1v) is 9.44. The maximum atomic E-state index is 13.1. The number of rotatable bonds is 4. The minimum Gasteiger partial charge on any atom is -0.356 e. The Kier molecular flexibility index (Phi) is 5.39. The molecule has 4 rings (SSSR count). The Labute approximate surface area is 170 Å². The van der Waals surface area contributed by atoms with Crippen molar-refractivity contribution in [2.45, 2.75) is 19.0 Å². The van der Waals surface area contributed by atoms with Gasteiger partial charge in [-0.1, -0.05) is 12.1 Å². The van der Waals surface area contributed by atoms with Crippen LogP contribution in [0.25, 0.3) is 5.82 Å². The van der Waals surface area contributed by atoms with Gasteiger partial charge in [0.25, 0.3) is 0 Å². The van der Waals surface area contributed by atoms with E-state index in [1.165, 1.54) is 24.5 Å². The fourth-order valence-electron chi connectivity index (χ4n) is 3.49. The summed E-state index contributed by atoms with van der Waals surface area (Å²) in [6.45, 7) is 1.14. The molecule has 3 heterocycles. The number of nitrogens with zero attached hydrogens (tertiary/aromatic N) is 5. The second-order valence-corrected chi connectivity index (χ2v) is 7.00. The number of amides is 1. The van der Waals surface area contributed by atoms with Crippen LogP contribution in [0.15, 0.2) is 55.4 Å². The van der Waals surface area contributed by atoms with Crippen molar-refractivity contribution in [3.05, 3.63) is 60.9 Å². The van der Waals surface area contributed by atoms with Gasteiger partial charge < -0.3 is 10.2 Å². The number of aromatic nitrogens is 4. The van der Waals surface area contributed by atoms with Gasteiger partial charge in [-0.25, -0.2) is 15.0 Å². The number of carbonyl (C=O) groups is 1. The topological polar surface area (TPSA) is 75.9 Å². The molecule has 0 spiro atoms. The molecule has 0 bridgehead atoms. The third-order valence-corrected chi connectivity index (χ3v) is 5.09. The first kappa shape index (κ1) is 19.9. The van der Waals surface area contributed by atoms with Gasteiger partial charge in [-0.3, -0.25) is 9.36 Å². The second kappa shape index (κ2) is 8.13. The number of hydrogen-bond donors (Lipinski definition) is 1. The number of alkyl halides is 3. The fraction of sp³-hybridized carbons (Fsp3) is 0.300. The minimum atomic E-state index is -4.52. The molecule has 2 aromatic heterocycles. The van der Waals surface area contributed by atoms with E-state index in [-0.39, 0.29) is 11.6 Å². The zero-order chi connectivity index (χ0) is 21.1. The van der Waals surface area contributed by atoms with Crippen molar-refractivity contribution in [1.82, 2.24) is 19.5 Å². The number of nitrogens with one attached hydrogen (secondary N) is 1. The van der Waals surface area contributed by atoms with Gasteiger partial charge in [0.2, 0.25) is 5.91 Å². The molecule has 3 aromatic rings. The monoisotopic (exact) mass is 416 g/mol. The smallest absolute Gasteiger partial charge is 0.356 e. The van der Waals surface area contributed by atoms with Crippen LogP contribution in [-0.2, 0) is 11.0 Å². The fourth-order valence-corrected chi connectivity index (χ4v) is 3.49. The Bertz CT molecular complexity index is 1010. The molecule has 30 heavy (non-hydrogen) atoms. The molecule has 1 aliphatic heterocycles. The summed E-state index contributed by atoms with van der Waals surface area (Å²) in [6, 6.07) is 6.85. The van der Waals surface area contributed by atoms with Crippen molar-refractivity contribution in [3.63, 3.8) is 0 Å². The number of imidazole rings is 1. The van der Waals surface area contributed by atoms with Gasteiger partial charge in [-0.05, 0) is 25.0 Å². The van der Waals surface area contributed by atoms with E-state index in [4.69, 9.17) is 0 Å². The summed E-state index contributed by atoms with van der Waals surface area (Å²) in [5.74, 6) is 0.654. The lowest BCUT2D eigenvalue weighted by atomic mass is 9.95. The van der Waals surface area contributed by atoms with Gasteiger partial charge in [-0.15, -0.1) is 0 Å². The molecule has 156 valence electrons. The van der Waals surface area contributed by atoms with E-state index in [9.17, 15) is 18.0 Å². The maximum Gasteiger partial charge on any atom is 0.418 e. The van der Waals surface area contributed by atoms with Crippen LogP contribution in [-0.4, -0.2) is 38.5 Å². The Balaban J connectivity index is 1.40. The van der Waals surface area contributed by atoms with E-state index in [2.05, 4.69) is 20.3 Å². The lowest BCUT2D eigenvalue weighted by molar-refractivity contribution is -0.137. The number of anilines is 2. The maximum absolute atomic E-state index is 13.1. The number of benzene rings is 1. The Hall–Kier alpha value is -3.43. The van der Waals surface area contributed by atoms with Crippen LogP contribution in [0.1, 0.15) is 18.4 Å². The van der Waals surface area contributed by atoms with Crippen LogP contribution < -0.4 is 10.2 Å². The molecule has 1 aliphatic rings. The lowest BCUT2D eigenvalue weighted by Gasteiger charge is -2.32. The molecule has 1 aromatic carbocycles. The molecule has 0 radical (unpaired) electrons. The average Bonchev–Trinajstić information content (AvgIpc) is 3.29. The van der Waals surface area contributed by atoms with E-state index >= 15 is 0 Å². The molecule has 1 saturated heterocycles. The van der Waals surface area contributed by atoms with E-state index in [0.29, 0.717) is 31.7 Å². The molecule has 1 amide bonds. The predicted octanol–water partition coefficient (Wildman–Crippen LogP) is 3.54. The van der Waals surface area contributed by atoms with E-state index < -0.39 is 17.6 Å². The van der Waals surface area contributed by atoms with Gasteiger partial charge in [0.05, 0.1) is 11.3 Å². The summed E-state index contributed by atoms with van der Waals surface area (Å²) < 4.78 is 41.2. The zero-order valence-electron chi connectivity index (χ0n) is 15.9. The zero-order valence-corrected chi connectivity index (χ0v) is 15.9. The van der Waals surface area contributed by atoms with Crippen LogP contribution in [0.5, 0.6) is 0 Å². The number of para-hydroxylation sites is 1. The first-order valence-electron chi connectivity index (χ1n) is 9.44. The molecular weight excluding hydrogens is 397 g/mol. The normalized spacial score (nSPS) is 15.2. The number of carbonyl (C=O) groups excluding carboxylic acids is 1. The van der Waals surface area contributed by atoms with Gasteiger partial charge in [0.15, 0.2) is 0 Å². The Morgan fingerprint density at radius 2 is 1.83 bits per heavy atom. The molecule has 0 unspecified atom stereocenters.